The lowest BCUT2D eigenvalue weighted by Crippen LogP contribution is -2.44. The van der Waals surface area contributed by atoms with Crippen LogP contribution < -0.4 is 10.1 Å². The highest BCUT2D eigenvalue weighted by Gasteiger charge is 2.26. The van der Waals surface area contributed by atoms with Gasteiger partial charge in [-0.1, -0.05) is 31.5 Å². The lowest BCUT2D eigenvalue weighted by molar-refractivity contribution is -0.121. The Hall–Kier alpha value is -2.09. The van der Waals surface area contributed by atoms with Crippen molar-refractivity contribution in [2.24, 2.45) is 5.92 Å². The van der Waals surface area contributed by atoms with Crippen LogP contribution in [-0.2, 0) is 4.79 Å². The number of hydrogen-bond donors (Lipinski definition) is 1. The highest BCUT2D eigenvalue weighted by molar-refractivity contribution is 8.00. The summed E-state index contributed by atoms with van der Waals surface area (Å²) in [4.78, 5) is 12.6. The van der Waals surface area contributed by atoms with Gasteiger partial charge in [0, 0.05) is 6.04 Å². The van der Waals surface area contributed by atoms with Crippen LogP contribution in [0.1, 0.15) is 39.5 Å². The number of nitrogens with one attached hydrogen (secondary N) is 1. The Morgan fingerprint density at radius 3 is 2.73 bits per heavy atom. The standard InChI is InChI=1S/C18H25N5O2S/c1-12-6-4-5-7-16(12)19-17(24)13(2)26-18-20-21-22-23(18)14-8-10-15(25-3)11-9-14/h8-13,16H,4-7H2,1-3H3,(H,19,24)/t12-,13-,16-/m1/s1. The average Bonchev–Trinajstić information content (AvgIpc) is 3.11. The molecule has 140 valence electrons. The topological polar surface area (TPSA) is 81.9 Å². The van der Waals surface area contributed by atoms with E-state index in [9.17, 15) is 4.79 Å². The molecule has 1 amide bonds. The quantitative estimate of drug-likeness (QED) is 0.782. The number of ether oxygens (including phenoxy) is 1. The molecule has 0 radical (unpaired) electrons. The van der Waals surface area contributed by atoms with Gasteiger partial charge in [0.1, 0.15) is 5.75 Å². The van der Waals surface area contributed by atoms with E-state index >= 15 is 0 Å². The second-order valence-electron chi connectivity index (χ2n) is 6.71. The molecule has 26 heavy (non-hydrogen) atoms. The number of nitrogens with zero attached hydrogens (tertiary/aromatic N) is 4. The minimum Gasteiger partial charge on any atom is -0.497 e. The summed E-state index contributed by atoms with van der Waals surface area (Å²) >= 11 is 1.36. The molecule has 0 unspecified atom stereocenters. The number of methoxy groups -OCH3 is 1. The minimum atomic E-state index is -0.271. The van der Waals surface area contributed by atoms with Crippen molar-refractivity contribution < 1.29 is 9.53 Å². The van der Waals surface area contributed by atoms with Gasteiger partial charge in [0.05, 0.1) is 18.0 Å². The predicted molar refractivity (Wildman–Crippen MR) is 101 cm³/mol. The molecule has 3 atom stereocenters. The van der Waals surface area contributed by atoms with Gasteiger partial charge in [0.2, 0.25) is 11.1 Å². The fraction of sp³-hybridized carbons (Fsp3) is 0.556. The molecule has 0 aliphatic heterocycles. The van der Waals surface area contributed by atoms with Crippen LogP contribution in [0.3, 0.4) is 0 Å². The van der Waals surface area contributed by atoms with Crippen LogP contribution >= 0.6 is 11.8 Å². The van der Waals surface area contributed by atoms with Crippen molar-refractivity contribution >= 4 is 17.7 Å². The largest absolute Gasteiger partial charge is 0.497 e. The van der Waals surface area contributed by atoms with Gasteiger partial charge in [0.15, 0.2) is 0 Å². The SMILES string of the molecule is COc1ccc(-n2nnnc2S[C@H](C)C(=O)N[C@@H]2CCCC[C@H]2C)cc1. The Morgan fingerprint density at radius 1 is 1.31 bits per heavy atom. The van der Waals surface area contributed by atoms with E-state index in [-0.39, 0.29) is 17.2 Å². The molecular formula is C18H25N5O2S. The third kappa shape index (κ3) is 4.35. The van der Waals surface area contributed by atoms with E-state index in [1.54, 1.807) is 11.8 Å². The summed E-state index contributed by atoms with van der Waals surface area (Å²) in [7, 11) is 1.63. The first-order valence-electron chi connectivity index (χ1n) is 8.98. The predicted octanol–water partition coefficient (Wildman–Crippen LogP) is 2.85. The van der Waals surface area contributed by atoms with Crippen molar-refractivity contribution in [2.45, 2.75) is 56.0 Å². The van der Waals surface area contributed by atoms with Crippen LogP contribution in [0.25, 0.3) is 5.69 Å². The zero-order valence-corrected chi connectivity index (χ0v) is 16.2. The van der Waals surface area contributed by atoms with Crippen molar-refractivity contribution in [1.29, 1.82) is 0 Å². The first-order valence-corrected chi connectivity index (χ1v) is 9.86. The summed E-state index contributed by atoms with van der Waals surface area (Å²) in [6.45, 7) is 4.10. The molecule has 1 aromatic carbocycles. The van der Waals surface area contributed by atoms with E-state index < -0.39 is 0 Å². The van der Waals surface area contributed by atoms with Crippen LogP contribution in [0.2, 0.25) is 0 Å². The van der Waals surface area contributed by atoms with Gasteiger partial charge in [0.25, 0.3) is 0 Å². The Kier molecular flexibility index (Phi) is 6.13. The van der Waals surface area contributed by atoms with E-state index in [0.717, 1.165) is 17.9 Å². The van der Waals surface area contributed by atoms with Gasteiger partial charge in [-0.05, 0) is 60.4 Å². The molecule has 1 aliphatic carbocycles. The molecule has 1 fully saturated rings. The normalized spacial score (nSPS) is 21.2. The maximum Gasteiger partial charge on any atom is 0.233 e. The van der Waals surface area contributed by atoms with Crippen molar-refractivity contribution in [3.05, 3.63) is 24.3 Å². The van der Waals surface area contributed by atoms with Crippen LogP contribution in [0, 0.1) is 5.92 Å². The third-order valence-electron chi connectivity index (χ3n) is 4.85. The highest BCUT2D eigenvalue weighted by atomic mass is 32.2. The molecule has 0 saturated heterocycles. The van der Waals surface area contributed by atoms with E-state index in [1.165, 1.54) is 31.0 Å². The van der Waals surface area contributed by atoms with Crippen molar-refractivity contribution in [1.82, 2.24) is 25.5 Å². The van der Waals surface area contributed by atoms with Crippen LogP contribution in [0.4, 0.5) is 0 Å². The molecule has 1 heterocycles. The fourth-order valence-corrected chi connectivity index (χ4v) is 4.00. The highest BCUT2D eigenvalue weighted by Crippen LogP contribution is 2.26. The molecule has 3 rings (SSSR count). The number of benzene rings is 1. The lowest BCUT2D eigenvalue weighted by atomic mass is 9.86. The van der Waals surface area contributed by atoms with Crippen LogP contribution in [0.5, 0.6) is 5.75 Å². The van der Waals surface area contributed by atoms with Gasteiger partial charge < -0.3 is 10.1 Å². The number of hydrogen-bond acceptors (Lipinski definition) is 6. The van der Waals surface area contributed by atoms with Crippen molar-refractivity contribution in [2.75, 3.05) is 7.11 Å². The second-order valence-corrected chi connectivity index (χ2v) is 8.02. The zero-order valence-electron chi connectivity index (χ0n) is 15.4. The van der Waals surface area contributed by atoms with E-state index in [2.05, 4.69) is 27.8 Å². The number of carbonyl (C=O) groups excluding carboxylic acids is 1. The van der Waals surface area contributed by atoms with Gasteiger partial charge in [-0.15, -0.1) is 5.10 Å². The number of thioether (sulfide) groups is 1. The molecule has 2 aromatic rings. The number of amides is 1. The summed E-state index contributed by atoms with van der Waals surface area (Å²) in [6, 6.07) is 7.75. The summed E-state index contributed by atoms with van der Waals surface area (Å²) in [5.41, 5.74) is 0.826. The molecule has 7 nitrogen and oxygen atoms in total. The maximum atomic E-state index is 12.6. The maximum absolute atomic E-state index is 12.6. The number of tetrazole rings is 1. The molecule has 1 aliphatic rings. The van der Waals surface area contributed by atoms with Crippen molar-refractivity contribution in [3.63, 3.8) is 0 Å². The van der Waals surface area contributed by atoms with E-state index in [0.29, 0.717) is 11.1 Å². The summed E-state index contributed by atoms with van der Waals surface area (Å²) < 4.78 is 6.81. The first kappa shape index (κ1) is 18.7. The minimum absolute atomic E-state index is 0.0398. The lowest BCUT2D eigenvalue weighted by Gasteiger charge is -2.30. The number of aromatic nitrogens is 4. The molecule has 0 spiro atoms. The van der Waals surface area contributed by atoms with Crippen LogP contribution in [-0.4, -0.2) is 44.5 Å². The number of rotatable bonds is 6. The van der Waals surface area contributed by atoms with E-state index in [4.69, 9.17) is 4.74 Å². The zero-order chi connectivity index (χ0) is 18.5. The Morgan fingerprint density at radius 2 is 2.04 bits per heavy atom. The second kappa shape index (κ2) is 8.53. The Balaban J connectivity index is 1.65. The van der Waals surface area contributed by atoms with Gasteiger partial charge in [-0.3, -0.25) is 4.79 Å². The van der Waals surface area contributed by atoms with Crippen LogP contribution in [0.15, 0.2) is 29.4 Å². The van der Waals surface area contributed by atoms with E-state index in [1.807, 2.05) is 31.2 Å². The molecule has 1 aromatic heterocycles. The molecule has 8 heteroatoms. The third-order valence-corrected chi connectivity index (χ3v) is 5.88. The van der Waals surface area contributed by atoms with Gasteiger partial charge in [-0.2, -0.15) is 4.68 Å². The number of carbonyl (C=O) groups is 1. The molecule has 1 N–H and O–H groups in total. The summed E-state index contributed by atoms with van der Waals surface area (Å²) in [5.74, 6) is 1.35. The Labute approximate surface area is 157 Å². The smallest absolute Gasteiger partial charge is 0.233 e. The monoisotopic (exact) mass is 375 g/mol. The Bertz CT molecular complexity index is 733. The molecule has 1 saturated carbocycles. The first-order chi connectivity index (χ1) is 12.6. The van der Waals surface area contributed by atoms with Gasteiger partial charge >= 0.3 is 0 Å². The van der Waals surface area contributed by atoms with Gasteiger partial charge in [-0.25, -0.2) is 0 Å². The summed E-state index contributed by atoms with van der Waals surface area (Å²) in [6.07, 6.45) is 4.69. The molecular weight excluding hydrogens is 350 g/mol. The summed E-state index contributed by atoms with van der Waals surface area (Å²) in [5, 5.41) is 15.4. The fourth-order valence-electron chi connectivity index (χ4n) is 3.18. The average molecular weight is 375 g/mol. The molecule has 0 bridgehead atoms. The van der Waals surface area contributed by atoms with Crippen molar-refractivity contribution in [3.8, 4) is 11.4 Å².